The largest absolute Gasteiger partial charge is 0.467 e. The Balaban J connectivity index is 1.15. The summed E-state index contributed by atoms with van der Waals surface area (Å²) in [4.78, 5) is 12.3. The fraction of sp³-hybridized carbons (Fsp3) is 0.737. The maximum absolute atomic E-state index is 12.3. The molecular formula is C19H28N2O4. The summed E-state index contributed by atoms with van der Waals surface area (Å²) >= 11 is 0. The Bertz CT molecular complexity index is 568. The van der Waals surface area contributed by atoms with E-state index in [1.54, 1.807) is 6.26 Å². The van der Waals surface area contributed by atoms with Crippen molar-refractivity contribution in [2.45, 2.75) is 57.3 Å². The molecule has 6 heteroatoms. The van der Waals surface area contributed by atoms with Gasteiger partial charge >= 0.3 is 6.03 Å². The molecule has 2 amide bonds. The van der Waals surface area contributed by atoms with Gasteiger partial charge < -0.3 is 24.5 Å². The third kappa shape index (κ3) is 3.29. The van der Waals surface area contributed by atoms with Gasteiger partial charge in [0.25, 0.3) is 0 Å². The number of hydrogen-bond donors (Lipinski definition) is 2. The highest BCUT2D eigenvalue weighted by molar-refractivity contribution is 5.74. The molecule has 2 aliphatic carbocycles. The predicted molar refractivity (Wildman–Crippen MR) is 92.1 cm³/mol. The van der Waals surface area contributed by atoms with E-state index in [0.29, 0.717) is 31.8 Å². The third-order valence-electron chi connectivity index (χ3n) is 6.15. The van der Waals surface area contributed by atoms with Gasteiger partial charge in [0.15, 0.2) is 0 Å². The number of nitrogens with one attached hydrogen (secondary N) is 2. The molecule has 2 saturated carbocycles. The second-order valence-corrected chi connectivity index (χ2v) is 7.55. The smallest absolute Gasteiger partial charge is 0.315 e. The Kier molecular flexibility index (Phi) is 4.99. The summed E-state index contributed by atoms with van der Waals surface area (Å²) in [5.74, 6) is 1.34. The summed E-state index contributed by atoms with van der Waals surface area (Å²) in [6.45, 7) is 2.55. The van der Waals surface area contributed by atoms with Crippen LogP contribution in [0, 0.1) is 11.3 Å². The van der Waals surface area contributed by atoms with Gasteiger partial charge in [0, 0.05) is 37.1 Å². The second-order valence-electron chi connectivity index (χ2n) is 7.55. The van der Waals surface area contributed by atoms with Gasteiger partial charge in [0.2, 0.25) is 0 Å². The summed E-state index contributed by atoms with van der Waals surface area (Å²) < 4.78 is 16.7. The van der Waals surface area contributed by atoms with E-state index < -0.39 is 0 Å². The van der Waals surface area contributed by atoms with Gasteiger partial charge in [-0.3, -0.25) is 0 Å². The van der Waals surface area contributed by atoms with Crippen molar-refractivity contribution in [3.05, 3.63) is 24.2 Å². The van der Waals surface area contributed by atoms with E-state index in [2.05, 4.69) is 10.6 Å². The van der Waals surface area contributed by atoms with Crippen LogP contribution in [-0.4, -0.2) is 37.9 Å². The Labute approximate surface area is 148 Å². The van der Waals surface area contributed by atoms with E-state index in [1.165, 1.54) is 25.7 Å². The van der Waals surface area contributed by atoms with Crippen LogP contribution in [0.25, 0.3) is 0 Å². The lowest BCUT2D eigenvalue weighted by Crippen LogP contribution is -2.69. The van der Waals surface area contributed by atoms with E-state index in [0.717, 1.165) is 25.2 Å². The standard InChI is InChI=1S/C19H28N2O4/c22-18(20-9-4-10-23-13-14-5-3-11-24-14)21-16-15-6-12-25-17(15)19(16)7-1-2-8-19/h3,5,11,15-17H,1-2,4,6-10,12-13H2,(H2,20,21,22)/t15-,16-,17-/m1/s1. The summed E-state index contributed by atoms with van der Waals surface area (Å²) in [5.41, 5.74) is 0.213. The Hall–Kier alpha value is -1.53. The topological polar surface area (TPSA) is 72.7 Å². The van der Waals surface area contributed by atoms with Crippen molar-refractivity contribution in [2.75, 3.05) is 19.8 Å². The normalized spacial score (nSPS) is 29.4. The zero-order chi connectivity index (χ0) is 17.1. The molecule has 0 radical (unpaired) electrons. The molecule has 6 nitrogen and oxygen atoms in total. The summed E-state index contributed by atoms with van der Waals surface area (Å²) in [7, 11) is 0. The molecule has 2 heterocycles. The molecule has 1 aromatic heterocycles. The molecule has 3 atom stereocenters. The Morgan fingerprint density at radius 1 is 1.36 bits per heavy atom. The van der Waals surface area contributed by atoms with Crippen LogP contribution in [-0.2, 0) is 16.1 Å². The highest BCUT2D eigenvalue weighted by atomic mass is 16.5. The molecule has 1 saturated heterocycles. The van der Waals surface area contributed by atoms with E-state index in [4.69, 9.17) is 13.9 Å². The van der Waals surface area contributed by atoms with E-state index in [-0.39, 0.29) is 17.5 Å². The number of rotatable bonds is 7. The van der Waals surface area contributed by atoms with Crippen LogP contribution in [0.5, 0.6) is 0 Å². The van der Waals surface area contributed by atoms with Crippen molar-refractivity contribution in [3.63, 3.8) is 0 Å². The molecule has 0 aromatic carbocycles. The molecule has 1 aliphatic heterocycles. The zero-order valence-electron chi connectivity index (χ0n) is 14.7. The molecular weight excluding hydrogens is 320 g/mol. The highest BCUT2D eigenvalue weighted by Crippen LogP contribution is 2.60. The maximum atomic E-state index is 12.3. The first kappa shape index (κ1) is 16.9. The minimum atomic E-state index is -0.0485. The van der Waals surface area contributed by atoms with Crippen LogP contribution in [0.1, 0.15) is 44.3 Å². The fourth-order valence-corrected chi connectivity index (χ4v) is 5.04. The van der Waals surface area contributed by atoms with Crippen molar-refractivity contribution in [3.8, 4) is 0 Å². The average Bonchev–Trinajstić information content (AvgIpc) is 3.36. The summed E-state index contributed by atoms with van der Waals surface area (Å²) in [6, 6.07) is 3.98. The van der Waals surface area contributed by atoms with Crippen LogP contribution in [0.3, 0.4) is 0 Å². The van der Waals surface area contributed by atoms with Crippen LogP contribution < -0.4 is 10.6 Å². The first-order valence-corrected chi connectivity index (χ1v) is 9.56. The first-order chi connectivity index (χ1) is 12.3. The molecule has 2 N–H and O–H groups in total. The van der Waals surface area contributed by atoms with Crippen LogP contribution in [0.2, 0.25) is 0 Å². The van der Waals surface area contributed by atoms with E-state index >= 15 is 0 Å². The van der Waals surface area contributed by atoms with Gasteiger partial charge in [0.1, 0.15) is 12.4 Å². The van der Waals surface area contributed by atoms with Crippen LogP contribution >= 0.6 is 0 Å². The minimum absolute atomic E-state index is 0.0485. The second kappa shape index (κ2) is 7.38. The molecule has 3 aliphatic rings. The van der Waals surface area contributed by atoms with E-state index in [9.17, 15) is 4.79 Å². The fourth-order valence-electron chi connectivity index (χ4n) is 5.04. The Morgan fingerprint density at radius 3 is 3.04 bits per heavy atom. The highest BCUT2D eigenvalue weighted by Gasteiger charge is 2.65. The molecule has 1 spiro atoms. The number of amides is 2. The van der Waals surface area contributed by atoms with Gasteiger partial charge in [0.05, 0.1) is 12.4 Å². The first-order valence-electron chi connectivity index (χ1n) is 9.56. The number of hydrogen-bond acceptors (Lipinski definition) is 4. The van der Waals surface area contributed by atoms with Crippen molar-refractivity contribution in [2.24, 2.45) is 11.3 Å². The van der Waals surface area contributed by atoms with Gasteiger partial charge in [-0.15, -0.1) is 0 Å². The lowest BCUT2D eigenvalue weighted by atomic mass is 9.54. The summed E-state index contributed by atoms with van der Waals surface area (Å²) in [6.07, 6.45) is 8.81. The van der Waals surface area contributed by atoms with Crippen LogP contribution in [0.15, 0.2) is 22.8 Å². The third-order valence-corrected chi connectivity index (χ3v) is 6.15. The zero-order valence-corrected chi connectivity index (χ0v) is 14.7. The van der Waals surface area contributed by atoms with Gasteiger partial charge in [-0.05, 0) is 37.8 Å². The van der Waals surface area contributed by atoms with E-state index in [1.807, 2.05) is 12.1 Å². The van der Waals surface area contributed by atoms with Crippen molar-refractivity contribution < 1.29 is 18.7 Å². The molecule has 1 aromatic rings. The monoisotopic (exact) mass is 348 g/mol. The number of ether oxygens (including phenoxy) is 2. The predicted octanol–water partition coefficient (Wildman–Crippen LogP) is 2.83. The van der Waals surface area contributed by atoms with Gasteiger partial charge in [-0.1, -0.05) is 12.8 Å². The minimum Gasteiger partial charge on any atom is -0.467 e. The number of carbonyl (C=O) groups is 1. The van der Waals surface area contributed by atoms with Crippen molar-refractivity contribution >= 4 is 6.03 Å². The maximum Gasteiger partial charge on any atom is 0.315 e. The average molecular weight is 348 g/mol. The molecule has 4 rings (SSSR count). The Morgan fingerprint density at radius 2 is 2.24 bits per heavy atom. The van der Waals surface area contributed by atoms with Crippen molar-refractivity contribution in [1.29, 1.82) is 0 Å². The SMILES string of the molecule is O=C(NCCCOCc1ccco1)N[C@@H]1[C@H]2CCO[C@H]2C12CCCC2. The lowest BCUT2D eigenvalue weighted by molar-refractivity contribution is -0.126. The quantitative estimate of drug-likeness (QED) is 0.743. The number of carbonyl (C=O) groups excluding carboxylic acids is 1. The van der Waals surface area contributed by atoms with Crippen LogP contribution in [0.4, 0.5) is 4.79 Å². The molecule has 0 bridgehead atoms. The molecule has 138 valence electrons. The molecule has 25 heavy (non-hydrogen) atoms. The van der Waals surface area contributed by atoms with Gasteiger partial charge in [-0.2, -0.15) is 0 Å². The number of furan rings is 1. The van der Waals surface area contributed by atoms with Crippen molar-refractivity contribution in [1.82, 2.24) is 10.6 Å². The number of urea groups is 1. The van der Waals surface area contributed by atoms with Gasteiger partial charge in [-0.25, -0.2) is 4.79 Å². The number of fused-ring (bicyclic) bond motifs is 2. The molecule has 3 fully saturated rings. The summed E-state index contributed by atoms with van der Waals surface area (Å²) in [5, 5.41) is 6.22. The lowest BCUT2D eigenvalue weighted by Gasteiger charge is -2.56. The molecule has 0 unspecified atom stereocenters.